The molecule has 3 aliphatic rings. The third-order valence-electron chi connectivity index (χ3n) is 10.1. The largest absolute Gasteiger partial charge is 0.459 e. The van der Waals surface area contributed by atoms with Crippen molar-refractivity contribution < 1.29 is 42.8 Å². The predicted octanol–water partition coefficient (Wildman–Crippen LogP) is 9.92. The number of nitrogens with zero attached hydrogens (tertiary/aromatic N) is 2. The van der Waals surface area contributed by atoms with Crippen molar-refractivity contribution in [2.24, 2.45) is 11.7 Å². The molecule has 1 aliphatic heterocycles. The molecule has 0 radical (unpaired) electrons. The molecule has 2 unspecified atom stereocenters. The van der Waals surface area contributed by atoms with E-state index in [0.29, 0.717) is 27.8 Å². The van der Waals surface area contributed by atoms with Gasteiger partial charge < -0.3 is 20.5 Å². The molecule has 0 bridgehead atoms. The average Bonchev–Trinajstić information content (AvgIpc) is 3.89. The van der Waals surface area contributed by atoms with Gasteiger partial charge in [-0.2, -0.15) is 10.5 Å². The van der Waals surface area contributed by atoms with Gasteiger partial charge in [-0.15, -0.1) is 0 Å². The molecule has 0 aromatic heterocycles. The summed E-state index contributed by atoms with van der Waals surface area (Å²) in [5, 5.41) is 30.5. The number of carbonyl (C=O) groups is 3. The maximum absolute atomic E-state index is 15.0. The van der Waals surface area contributed by atoms with Gasteiger partial charge in [0.1, 0.15) is 35.5 Å². The standard InChI is InChI=1S/C22H26ClFN2O2.C16H16ClFO3.C6H8N2O2/c1-13-16(12-15-6-3-4-7-15)21(22-17(23)8-5-9-18(22)24)20(14(2)26-13)19(28-27)10-11-25;1-10(19)12(16(20)21-11-5-2-3-6-11)9-13-14(17)7-4-8-15(13)18;1-5(8)4-6(9)10-3-2-7/h5,8-9,15,19,21,26-27H,3-4,6-7,10,12H2,1-2H3;4,7-9,11H,2-3,5-6H2,1H3;4H,3,8H2,1H3/b;12-9-;5-4-. The normalized spacial score (nSPS) is 17.7. The number of halogens is 4. The number of nitrogens with two attached hydrogens (primary N) is 1. The number of allylic oxidation sites excluding steroid dienone is 4. The van der Waals surface area contributed by atoms with E-state index in [0.717, 1.165) is 74.1 Å². The summed E-state index contributed by atoms with van der Waals surface area (Å²) in [6.07, 6.45) is 10.4. The molecule has 0 amide bonds. The zero-order valence-corrected chi connectivity index (χ0v) is 35.1. The third kappa shape index (κ3) is 14.3. The van der Waals surface area contributed by atoms with E-state index in [1.807, 2.05) is 19.9 Å². The highest BCUT2D eigenvalue weighted by atomic mass is 35.5. The number of ether oxygens (including phenoxy) is 2. The lowest BCUT2D eigenvalue weighted by molar-refractivity contribution is -0.268. The predicted molar refractivity (Wildman–Crippen MR) is 220 cm³/mol. The summed E-state index contributed by atoms with van der Waals surface area (Å²) in [4.78, 5) is 38.9. The maximum Gasteiger partial charge on any atom is 0.342 e. The van der Waals surface area contributed by atoms with Crippen molar-refractivity contribution in [1.29, 1.82) is 10.5 Å². The zero-order valence-electron chi connectivity index (χ0n) is 33.6. The minimum Gasteiger partial charge on any atom is -0.459 e. The smallest absolute Gasteiger partial charge is 0.342 e. The Kier molecular flexibility index (Phi) is 19.8. The van der Waals surface area contributed by atoms with Crippen molar-refractivity contribution in [3.8, 4) is 12.1 Å². The van der Waals surface area contributed by atoms with E-state index in [9.17, 15) is 33.7 Å². The first kappa shape index (κ1) is 48.3. The fraction of sp³-hybridized carbons (Fsp3) is 0.432. The minimum atomic E-state index is -0.857. The molecule has 0 saturated heterocycles. The van der Waals surface area contributed by atoms with E-state index >= 15 is 0 Å². The Morgan fingerprint density at radius 2 is 1.56 bits per heavy atom. The second-order valence-corrected chi connectivity index (χ2v) is 15.3. The van der Waals surface area contributed by atoms with Crippen molar-refractivity contribution in [3.05, 3.63) is 109 Å². The summed E-state index contributed by atoms with van der Waals surface area (Å²) in [6, 6.07) is 12.5. The van der Waals surface area contributed by atoms with E-state index in [4.69, 9.17) is 38.9 Å². The first-order valence-electron chi connectivity index (χ1n) is 19.3. The van der Waals surface area contributed by atoms with Gasteiger partial charge in [-0.3, -0.25) is 10.1 Å². The first-order valence-corrected chi connectivity index (χ1v) is 20.0. The van der Waals surface area contributed by atoms with Crippen LogP contribution in [0.15, 0.2) is 76.3 Å². The van der Waals surface area contributed by atoms with Crippen LogP contribution >= 0.6 is 23.2 Å². The van der Waals surface area contributed by atoms with Gasteiger partial charge in [0.15, 0.2) is 12.4 Å². The fourth-order valence-electron chi connectivity index (χ4n) is 7.33. The van der Waals surface area contributed by atoms with Crippen LogP contribution in [0.5, 0.6) is 0 Å². The second-order valence-electron chi connectivity index (χ2n) is 14.5. The number of Topliss-reactive ketones (excluding diaryl/α,β-unsaturated/α-hetero) is 1. The zero-order chi connectivity index (χ0) is 43.6. The molecule has 2 saturated carbocycles. The summed E-state index contributed by atoms with van der Waals surface area (Å²) in [5.74, 6) is -2.68. The lowest BCUT2D eigenvalue weighted by atomic mass is 9.74. The van der Waals surface area contributed by atoms with Crippen molar-refractivity contribution >= 4 is 47.0 Å². The first-order chi connectivity index (χ1) is 28.1. The molecule has 4 N–H and O–H groups in total. The third-order valence-corrected chi connectivity index (χ3v) is 10.7. The van der Waals surface area contributed by atoms with Crippen LogP contribution in [0.3, 0.4) is 0 Å². The summed E-state index contributed by atoms with van der Waals surface area (Å²) in [7, 11) is 0. The Balaban J connectivity index is 0.000000264. The lowest BCUT2D eigenvalue weighted by Gasteiger charge is -2.36. The molecule has 59 heavy (non-hydrogen) atoms. The quantitative estimate of drug-likeness (QED) is 0.0461. The van der Waals surface area contributed by atoms with Gasteiger partial charge >= 0.3 is 11.9 Å². The molecule has 2 atom stereocenters. The number of esters is 2. The van der Waals surface area contributed by atoms with Gasteiger partial charge in [0.2, 0.25) is 0 Å². The Labute approximate surface area is 354 Å². The molecule has 316 valence electrons. The summed E-state index contributed by atoms with van der Waals surface area (Å²) in [6.45, 7) is 6.43. The number of nitrogens with one attached hydrogen (secondary N) is 1. The second kappa shape index (κ2) is 24.1. The van der Waals surface area contributed by atoms with Gasteiger partial charge in [0.05, 0.1) is 17.5 Å². The molecule has 2 aromatic rings. The average molecular weight is 856 g/mol. The van der Waals surface area contributed by atoms with Crippen LogP contribution in [-0.2, 0) is 28.7 Å². The van der Waals surface area contributed by atoms with Gasteiger partial charge in [-0.05, 0) is 107 Å². The summed E-state index contributed by atoms with van der Waals surface area (Å²) in [5.41, 5.74) is 9.17. The monoisotopic (exact) mass is 854 g/mol. The van der Waals surface area contributed by atoms with E-state index in [1.54, 1.807) is 25.1 Å². The molecule has 2 fully saturated rings. The van der Waals surface area contributed by atoms with E-state index in [1.165, 1.54) is 44.0 Å². The van der Waals surface area contributed by atoms with Crippen LogP contribution in [0.25, 0.3) is 6.08 Å². The molecule has 15 heteroatoms. The number of rotatable bonds is 12. The molecular formula is C44H50Cl2F2N4O7. The van der Waals surface area contributed by atoms with Crippen molar-refractivity contribution in [1.82, 2.24) is 5.32 Å². The number of hydrogen-bond donors (Lipinski definition) is 3. The van der Waals surface area contributed by atoms with Crippen molar-refractivity contribution in [3.63, 3.8) is 0 Å². The Morgan fingerprint density at radius 1 is 0.949 bits per heavy atom. The molecule has 2 aliphatic carbocycles. The molecule has 11 nitrogen and oxygen atoms in total. The SMILES string of the molecule is C/C(N)=C/C(=O)OCC#N.CC(=O)/C(=C/c1c(F)cccc1Cl)C(=O)OC1CCCC1.CC1=C(CC2CCCC2)C(c2c(F)cccc2Cl)C(C(CC#N)OO)=C(C)N1. The highest BCUT2D eigenvalue weighted by molar-refractivity contribution is 6.32. The number of ketones is 1. The molecule has 2 aromatic carbocycles. The van der Waals surface area contributed by atoms with Gasteiger partial charge in [0, 0.05) is 45.2 Å². The molecule has 1 heterocycles. The summed E-state index contributed by atoms with van der Waals surface area (Å²) < 4.78 is 38.4. The molecule has 0 spiro atoms. The van der Waals surface area contributed by atoms with Crippen molar-refractivity contribution in [2.75, 3.05) is 6.61 Å². The maximum atomic E-state index is 15.0. The fourth-order valence-corrected chi connectivity index (χ4v) is 7.82. The van der Waals surface area contributed by atoms with Crippen LogP contribution in [0.4, 0.5) is 8.78 Å². The van der Waals surface area contributed by atoms with Crippen LogP contribution in [-0.4, -0.2) is 41.8 Å². The van der Waals surface area contributed by atoms with E-state index in [2.05, 4.69) is 14.9 Å². The van der Waals surface area contributed by atoms with Gasteiger partial charge in [0.25, 0.3) is 0 Å². The number of hydrogen-bond acceptors (Lipinski definition) is 11. The number of dihydropyridines is 1. The Morgan fingerprint density at radius 3 is 2.10 bits per heavy atom. The molecular weight excluding hydrogens is 805 g/mol. The van der Waals surface area contributed by atoms with Gasteiger partial charge in [-0.25, -0.2) is 23.3 Å². The number of carbonyl (C=O) groups excluding carboxylic acids is 3. The van der Waals surface area contributed by atoms with Crippen molar-refractivity contribution in [2.45, 2.75) is 110 Å². The van der Waals surface area contributed by atoms with E-state index < -0.39 is 41.4 Å². The molecule has 5 rings (SSSR count). The summed E-state index contributed by atoms with van der Waals surface area (Å²) >= 11 is 12.4. The number of nitriles is 2. The topological polar surface area (TPSA) is 185 Å². The highest BCUT2D eigenvalue weighted by Gasteiger charge is 2.38. The Hall–Kier alpha value is -5.05. The van der Waals surface area contributed by atoms with Crippen LogP contribution in [0, 0.1) is 40.2 Å². The van der Waals surface area contributed by atoms with Crippen LogP contribution in [0.1, 0.15) is 109 Å². The Bertz CT molecular complexity index is 2000. The van der Waals surface area contributed by atoms with Crippen LogP contribution < -0.4 is 11.1 Å². The van der Waals surface area contributed by atoms with Crippen LogP contribution in [0.2, 0.25) is 10.0 Å². The lowest BCUT2D eigenvalue weighted by Crippen LogP contribution is -2.32. The van der Waals surface area contributed by atoms with E-state index in [-0.39, 0.29) is 35.3 Å². The number of benzene rings is 2. The van der Waals surface area contributed by atoms with Gasteiger partial charge in [-0.1, -0.05) is 61.0 Å². The minimum absolute atomic E-state index is 0.0211. The highest BCUT2D eigenvalue weighted by Crippen LogP contribution is 2.47.